The van der Waals surface area contributed by atoms with Gasteiger partial charge in [-0.1, -0.05) is 43.3 Å². The van der Waals surface area contributed by atoms with Gasteiger partial charge in [-0.25, -0.2) is 0 Å². The van der Waals surface area contributed by atoms with Crippen molar-refractivity contribution < 1.29 is 14.5 Å². The summed E-state index contributed by atoms with van der Waals surface area (Å²) >= 11 is 1.59. The number of thiophene rings is 1. The number of amides is 2. The number of carbonyl (C=O) groups is 2. The van der Waals surface area contributed by atoms with Crippen LogP contribution in [0.4, 0.5) is 5.69 Å². The number of nitro groups is 1. The lowest BCUT2D eigenvalue weighted by molar-refractivity contribution is -0.384. The van der Waals surface area contributed by atoms with Crippen molar-refractivity contribution in [2.24, 2.45) is 0 Å². The SMILES string of the molecule is CCCN(CC(=O)N(Cc1ccccc1)Cc1cccs1)C(=O)c1ccc([N+](=O)[O-])cc1. The number of non-ortho nitro benzene ring substituents is 1. The fraction of sp³-hybridized carbons (Fsp3) is 0.250. The molecule has 32 heavy (non-hydrogen) atoms. The number of hydrogen-bond donors (Lipinski definition) is 0. The first-order chi connectivity index (χ1) is 15.5. The van der Waals surface area contributed by atoms with Gasteiger partial charge in [0.2, 0.25) is 5.91 Å². The van der Waals surface area contributed by atoms with Crippen molar-refractivity contribution >= 4 is 28.8 Å². The topological polar surface area (TPSA) is 83.8 Å². The largest absolute Gasteiger partial charge is 0.332 e. The molecule has 0 bridgehead atoms. The molecular weight excluding hydrogens is 426 g/mol. The van der Waals surface area contributed by atoms with Gasteiger partial charge >= 0.3 is 0 Å². The molecule has 0 saturated heterocycles. The third-order valence-corrected chi connectivity index (χ3v) is 5.79. The van der Waals surface area contributed by atoms with Gasteiger partial charge in [0.25, 0.3) is 11.6 Å². The predicted molar refractivity (Wildman–Crippen MR) is 124 cm³/mol. The lowest BCUT2D eigenvalue weighted by Crippen LogP contribution is -2.42. The Balaban J connectivity index is 1.77. The average Bonchev–Trinajstić information content (AvgIpc) is 3.32. The summed E-state index contributed by atoms with van der Waals surface area (Å²) in [6, 6.07) is 19.2. The molecule has 3 rings (SSSR count). The molecule has 1 heterocycles. The van der Waals surface area contributed by atoms with Gasteiger partial charge in [-0.05, 0) is 35.6 Å². The van der Waals surface area contributed by atoms with E-state index in [0.29, 0.717) is 31.6 Å². The first-order valence-corrected chi connectivity index (χ1v) is 11.2. The first-order valence-electron chi connectivity index (χ1n) is 10.4. The fourth-order valence-electron chi connectivity index (χ4n) is 3.32. The normalized spacial score (nSPS) is 10.5. The molecule has 8 heteroatoms. The molecule has 0 radical (unpaired) electrons. The Labute approximate surface area is 191 Å². The lowest BCUT2D eigenvalue weighted by Gasteiger charge is -2.27. The minimum absolute atomic E-state index is 0.0537. The number of carbonyl (C=O) groups excluding carboxylic acids is 2. The molecule has 0 aliphatic carbocycles. The van der Waals surface area contributed by atoms with Crippen LogP contribution in [0, 0.1) is 10.1 Å². The summed E-state index contributed by atoms with van der Waals surface area (Å²) < 4.78 is 0. The van der Waals surface area contributed by atoms with Crippen LogP contribution in [-0.2, 0) is 17.9 Å². The summed E-state index contributed by atoms with van der Waals surface area (Å²) in [7, 11) is 0. The van der Waals surface area contributed by atoms with E-state index in [9.17, 15) is 19.7 Å². The smallest absolute Gasteiger partial charge is 0.269 e. The van der Waals surface area contributed by atoms with Crippen molar-refractivity contribution in [1.29, 1.82) is 0 Å². The molecule has 3 aromatic rings. The number of benzene rings is 2. The highest BCUT2D eigenvalue weighted by Gasteiger charge is 2.23. The first kappa shape index (κ1) is 23.1. The molecule has 1 aromatic heterocycles. The molecule has 0 N–H and O–H groups in total. The van der Waals surface area contributed by atoms with Gasteiger partial charge < -0.3 is 9.80 Å². The van der Waals surface area contributed by atoms with Crippen molar-refractivity contribution in [2.75, 3.05) is 13.1 Å². The van der Waals surface area contributed by atoms with E-state index in [-0.39, 0.29) is 24.0 Å². The second-order valence-corrected chi connectivity index (χ2v) is 8.38. The highest BCUT2D eigenvalue weighted by molar-refractivity contribution is 7.09. The second kappa shape index (κ2) is 11.2. The maximum absolute atomic E-state index is 13.3. The highest BCUT2D eigenvalue weighted by atomic mass is 32.1. The van der Waals surface area contributed by atoms with E-state index >= 15 is 0 Å². The standard InChI is InChI=1S/C24H25N3O4S/c1-2-14-25(24(29)20-10-12-21(13-11-20)27(30)31)18-23(28)26(17-22-9-6-15-32-22)16-19-7-4-3-5-8-19/h3-13,15H,2,14,16-18H2,1H3. The summed E-state index contributed by atoms with van der Waals surface area (Å²) in [5.41, 5.74) is 1.26. The molecule has 0 fully saturated rings. The Morgan fingerprint density at radius 2 is 1.66 bits per heavy atom. The van der Waals surface area contributed by atoms with Crippen molar-refractivity contribution in [1.82, 2.24) is 9.80 Å². The number of rotatable bonds is 10. The molecule has 0 aliphatic heterocycles. The van der Waals surface area contributed by atoms with Crippen LogP contribution < -0.4 is 0 Å². The molecule has 0 atom stereocenters. The zero-order chi connectivity index (χ0) is 22.9. The average molecular weight is 452 g/mol. The fourth-order valence-corrected chi connectivity index (χ4v) is 4.04. The Bertz CT molecular complexity index is 1040. The second-order valence-electron chi connectivity index (χ2n) is 7.35. The Morgan fingerprint density at radius 3 is 2.25 bits per heavy atom. The van der Waals surface area contributed by atoms with Crippen LogP contribution in [0.15, 0.2) is 72.1 Å². The molecule has 0 saturated carbocycles. The van der Waals surface area contributed by atoms with Crippen LogP contribution in [0.25, 0.3) is 0 Å². The summed E-state index contributed by atoms with van der Waals surface area (Å²) in [6.45, 7) is 3.22. The van der Waals surface area contributed by atoms with Crippen LogP contribution in [0.3, 0.4) is 0 Å². The molecule has 0 spiro atoms. The van der Waals surface area contributed by atoms with Gasteiger partial charge in [0.15, 0.2) is 0 Å². The van der Waals surface area contributed by atoms with Gasteiger partial charge in [-0.2, -0.15) is 0 Å². The van der Waals surface area contributed by atoms with E-state index in [2.05, 4.69) is 0 Å². The number of nitro benzene ring substituents is 1. The molecule has 2 amide bonds. The van der Waals surface area contributed by atoms with Crippen LogP contribution in [0.2, 0.25) is 0 Å². The molecule has 2 aromatic carbocycles. The number of hydrogen-bond acceptors (Lipinski definition) is 5. The molecule has 7 nitrogen and oxygen atoms in total. The third-order valence-electron chi connectivity index (χ3n) is 4.93. The van der Waals surface area contributed by atoms with Gasteiger partial charge in [-0.15, -0.1) is 11.3 Å². The molecule has 0 unspecified atom stereocenters. The van der Waals surface area contributed by atoms with Gasteiger partial charge in [0.1, 0.15) is 6.54 Å². The molecule has 0 aliphatic rings. The van der Waals surface area contributed by atoms with Crippen molar-refractivity contribution in [3.8, 4) is 0 Å². The van der Waals surface area contributed by atoms with E-state index in [1.807, 2.05) is 54.8 Å². The maximum atomic E-state index is 13.3. The Kier molecular flexibility index (Phi) is 8.10. The van der Waals surface area contributed by atoms with E-state index in [1.165, 1.54) is 29.2 Å². The van der Waals surface area contributed by atoms with E-state index in [1.54, 1.807) is 16.2 Å². The van der Waals surface area contributed by atoms with Crippen molar-refractivity contribution in [3.05, 3.63) is 98.2 Å². The van der Waals surface area contributed by atoms with Gasteiger partial charge in [-0.3, -0.25) is 19.7 Å². The lowest BCUT2D eigenvalue weighted by atomic mass is 10.1. The Morgan fingerprint density at radius 1 is 0.938 bits per heavy atom. The monoisotopic (exact) mass is 451 g/mol. The molecule has 166 valence electrons. The highest BCUT2D eigenvalue weighted by Crippen LogP contribution is 2.17. The van der Waals surface area contributed by atoms with E-state index < -0.39 is 4.92 Å². The van der Waals surface area contributed by atoms with E-state index in [0.717, 1.165) is 10.4 Å². The molecular formula is C24H25N3O4S. The summed E-state index contributed by atoms with van der Waals surface area (Å²) in [5, 5.41) is 12.9. The summed E-state index contributed by atoms with van der Waals surface area (Å²) in [5.74, 6) is -0.461. The van der Waals surface area contributed by atoms with Crippen LogP contribution in [0.5, 0.6) is 0 Å². The third kappa shape index (κ3) is 6.24. The quantitative estimate of drug-likeness (QED) is 0.329. The summed E-state index contributed by atoms with van der Waals surface area (Å²) in [4.78, 5) is 41.0. The van der Waals surface area contributed by atoms with Crippen LogP contribution in [0.1, 0.15) is 34.1 Å². The minimum atomic E-state index is -0.506. The minimum Gasteiger partial charge on any atom is -0.332 e. The number of nitrogens with zero attached hydrogens (tertiary/aromatic N) is 3. The van der Waals surface area contributed by atoms with Gasteiger partial charge in [0.05, 0.1) is 11.5 Å². The van der Waals surface area contributed by atoms with Crippen molar-refractivity contribution in [3.63, 3.8) is 0 Å². The Hall–Kier alpha value is -3.52. The predicted octanol–water partition coefficient (Wildman–Crippen LogP) is 4.74. The van der Waals surface area contributed by atoms with Gasteiger partial charge in [0, 0.05) is 35.7 Å². The zero-order valence-corrected chi connectivity index (χ0v) is 18.7. The maximum Gasteiger partial charge on any atom is 0.269 e. The summed E-state index contributed by atoms with van der Waals surface area (Å²) in [6.07, 6.45) is 0.690. The zero-order valence-electron chi connectivity index (χ0n) is 17.8. The van der Waals surface area contributed by atoms with Crippen molar-refractivity contribution in [2.45, 2.75) is 26.4 Å². The van der Waals surface area contributed by atoms with Crippen LogP contribution in [-0.4, -0.2) is 39.6 Å². The van der Waals surface area contributed by atoms with Crippen LogP contribution >= 0.6 is 11.3 Å². The van der Waals surface area contributed by atoms with E-state index in [4.69, 9.17) is 0 Å².